The van der Waals surface area contributed by atoms with Crippen molar-refractivity contribution in [3.8, 4) is 11.5 Å². The maximum atomic E-state index is 14.0. The summed E-state index contributed by atoms with van der Waals surface area (Å²) in [7, 11) is 1.41. The van der Waals surface area contributed by atoms with Gasteiger partial charge in [0.1, 0.15) is 5.82 Å². The lowest BCUT2D eigenvalue weighted by Crippen LogP contribution is -2.27. The molecule has 0 unspecified atom stereocenters. The number of imide groups is 1. The number of para-hydroxylation sites is 1. The summed E-state index contributed by atoms with van der Waals surface area (Å²) in [4.78, 5) is 39.2. The van der Waals surface area contributed by atoms with Gasteiger partial charge in [0.15, 0.2) is 11.5 Å². The lowest BCUT2D eigenvalue weighted by atomic mass is 10.1. The molecular formula is C25H17ClFNO5S. The zero-order chi connectivity index (χ0) is 24.2. The summed E-state index contributed by atoms with van der Waals surface area (Å²) in [5.41, 5.74) is 0.726. The lowest BCUT2D eigenvalue weighted by Gasteiger charge is -2.14. The molecule has 3 aromatic rings. The summed E-state index contributed by atoms with van der Waals surface area (Å²) in [6, 6.07) is 17.2. The average molecular weight is 498 g/mol. The fourth-order valence-electron chi connectivity index (χ4n) is 3.27. The van der Waals surface area contributed by atoms with Crippen LogP contribution in [0.5, 0.6) is 11.5 Å². The van der Waals surface area contributed by atoms with Crippen LogP contribution >= 0.6 is 23.4 Å². The fraction of sp³-hybridized carbons (Fsp3) is 0.0800. The van der Waals surface area contributed by atoms with Crippen molar-refractivity contribution in [2.45, 2.75) is 6.54 Å². The van der Waals surface area contributed by atoms with E-state index in [-0.39, 0.29) is 39.1 Å². The standard InChI is InChI=1S/C25H17ClFNO5S/c1-32-20-12-6-8-15(22(20)33-24(30)17-9-3-4-10-18(17)26)13-21-23(29)28(25(31)34-21)14-16-7-2-5-11-19(16)27/h2-13H,14H2,1H3/b21-13-. The first kappa shape index (κ1) is 23.5. The number of hydrogen-bond acceptors (Lipinski definition) is 6. The highest BCUT2D eigenvalue weighted by Crippen LogP contribution is 2.38. The van der Waals surface area contributed by atoms with Crippen molar-refractivity contribution in [1.29, 1.82) is 0 Å². The highest BCUT2D eigenvalue weighted by molar-refractivity contribution is 8.18. The summed E-state index contributed by atoms with van der Waals surface area (Å²) in [5.74, 6) is -1.48. The van der Waals surface area contributed by atoms with E-state index in [0.29, 0.717) is 17.3 Å². The second-order valence-electron chi connectivity index (χ2n) is 7.11. The van der Waals surface area contributed by atoms with Gasteiger partial charge < -0.3 is 9.47 Å². The van der Waals surface area contributed by atoms with Gasteiger partial charge in [-0.15, -0.1) is 0 Å². The van der Waals surface area contributed by atoms with Crippen LogP contribution in [0, 0.1) is 5.82 Å². The number of halogens is 2. The van der Waals surface area contributed by atoms with E-state index in [9.17, 15) is 18.8 Å². The van der Waals surface area contributed by atoms with Gasteiger partial charge in [0.25, 0.3) is 11.1 Å². The van der Waals surface area contributed by atoms with Crippen LogP contribution in [0.3, 0.4) is 0 Å². The molecule has 172 valence electrons. The molecule has 0 bridgehead atoms. The molecule has 0 aliphatic carbocycles. The number of thioether (sulfide) groups is 1. The largest absolute Gasteiger partial charge is 0.493 e. The van der Waals surface area contributed by atoms with E-state index in [1.807, 2.05) is 0 Å². The molecule has 0 saturated carbocycles. The van der Waals surface area contributed by atoms with Crippen molar-refractivity contribution in [3.05, 3.63) is 99.2 Å². The second kappa shape index (κ2) is 10.1. The predicted octanol–water partition coefficient (Wildman–Crippen LogP) is 5.94. The SMILES string of the molecule is COc1cccc(/C=C2\SC(=O)N(Cc3ccccc3F)C2=O)c1OC(=O)c1ccccc1Cl. The van der Waals surface area contributed by atoms with Crippen LogP contribution in [0.25, 0.3) is 6.08 Å². The van der Waals surface area contributed by atoms with E-state index in [1.54, 1.807) is 42.5 Å². The number of ether oxygens (including phenoxy) is 2. The van der Waals surface area contributed by atoms with Crippen molar-refractivity contribution in [3.63, 3.8) is 0 Å². The van der Waals surface area contributed by atoms with E-state index in [2.05, 4.69) is 0 Å². The summed E-state index contributed by atoms with van der Waals surface area (Å²) < 4.78 is 24.9. The van der Waals surface area contributed by atoms with E-state index >= 15 is 0 Å². The van der Waals surface area contributed by atoms with Gasteiger partial charge in [-0.1, -0.05) is 54.1 Å². The summed E-state index contributed by atoms with van der Waals surface area (Å²) in [6.45, 7) is -0.193. The molecule has 1 heterocycles. The molecule has 6 nitrogen and oxygen atoms in total. The molecule has 1 aliphatic heterocycles. The van der Waals surface area contributed by atoms with E-state index in [4.69, 9.17) is 21.1 Å². The quantitative estimate of drug-likeness (QED) is 0.238. The highest BCUT2D eigenvalue weighted by Gasteiger charge is 2.35. The number of hydrogen-bond donors (Lipinski definition) is 0. The van der Waals surface area contributed by atoms with Crippen molar-refractivity contribution in [1.82, 2.24) is 4.90 Å². The van der Waals surface area contributed by atoms with Gasteiger partial charge in [-0.3, -0.25) is 14.5 Å². The Balaban J connectivity index is 1.65. The Labute approximate surface area is 203 Å². The summed E-state index contributed by atoms with van der Waals surface area (Å²) >= 11 is 6.82. The Morgan fingerprint density at radius 1 is 1.06 bits per heavy atom. The van der Waals surface area contributed by atoms with Crippen LogP contribution in [-0.4, -0.2) is 29.1 Å². The molecule has 0 atom stereocenters. The minimum Gasteiger partial charge on any atom is -0.493 e. The minimum atomic E-state index is -0.711. The molecule has 0 N–H and O–H groups in total. The number of benzene rings is 3. The molecule has 0 spiro atoms. The lowest BCUT2D eigenvalue weighted by molar-refractivity contribution is -0.123. The average Bonchev–Trinajstić information content (AvgIpc) is 3.09. The van der Waals surface area contributed by atoms with Gasteiger partial charge in [0.05, 0.1) is 29.1 Å². The second-order valence-corrected chi connectivity index (χ2v) is 8.51. The van der Waals surface area contributed by atoms with Crippen LogP contribution in [0.4, 0.5) is 9.18 Å². The van der Waals surface area contributed by atoms with Gasteiger partial charge in [-0.05, 0) is 42.1 Å². The Hall–Kier alpha value is -3.62. The maximum Gasteiger partial charge on any atom is 0.345 e. The molecular weight excluding hydrogens is 481 g/mol. The minimum absolute atomic E-state index is 0.0656. The number of amides is 2. The van der Waals surface area contributed by atoms with Crippen molar-refractivity contribution < 1.29 is 28.2 Å². The van der Waals surface area contributed by atoms with Crippen LogP contribution in [0.15, 0.2) is 71.6 Å². The fourth-order valence-corrected chi connectivity index (χ4v) is 4.31. The predicted molar refractivity (Wildman–Crippen MR) is 127 cm³/mol. The molecule has 1 aliphatic rings. The van der Waals surface area contributed by atoms with Crippen molar-refractivity contribution in [2.75, 3.05) is 7.11 Å². The molecule has 34 heavy (non-hydrogen) atoms. The summed E-state index contributed by atoms with van der Waals surface area (Å²) in [6.07, 6.45) is 1.43. The van der Waals surface area contributed by atoms with Crippen LogP contribution in [-0.2, 0) is 11.3 Å². The van der Waals surface area contributed by atoms with Gasteiger partial charge in [0.2, 0.25) is 0 Å². The van der Waals surface area contributed by atoms with Gasteiger partial charge in [-0.25, -0.2) is 9.18 Å². The number of carbonyl (C=O) groups is 3. The molecule has 1 saturated heterocycles. The summed E-state index contributed by atoms with van der Waals surface area (Å²) in [5, 5.41) is -0.310. The Bertz CT molecular complexity index is 1330. The molecule has 3 aromatic carbocycles. The van der Waals surface area contributed by atoms with E-state index in [1.165, 1.54) is 37.5 Å². The van der Waals surface area contributed by atoms with E-state index in [0.717, 1.165) is 4.90 Å². The highest BCUT2D eigenvalue weighted by atomic mass is 35.5. The number of nitrogens with zero attached hydrogens (tertiary/aromatic N) is 1. The van der Waals surface area contributed by atoms with Crippen LogP contribution in [0.1, 0.15) is 21.5 Å². The number of rotatable bonds is 6. The molecule has 9 heteroatoms. The monoisotopic (exact) mass is 497 g/mol. The van der Waals surface area contributed by atoms with Crippen LogP contribution in [0.2, 0.25) is 5.02 Å². The Kier molecular flexibility index (Phi) is 7.00. The van der Waals surface area contributed by atoms with Gasteiger partial charge in [0, 0.05) is 11.1 Å². The zero-order valence-electron chi connectivity index (χ0n) is 17.8. The third-order valence-corrected chi connectivity index (χ3v) is 6.20. The number of esters is 1. The first-order chi connectivity index (χ1) is 16.4. The van der Waals surface area contributed by atoms with E-state index < -0.39 is 22.9 Å². The molecule has 2 amide bonds. The molecule has 4 rings (SSSR count). The first-order valence-electron chi connectivity index (χ1n) is 10.0. The number of methoxy groups -OCH3 is 1. The first-order valence-corrected chi connectivity index (χ1v) is 11.2. The zero-order valence-corrected chi connectivity index (χ0v) is 19.4. The molecule has 0 aromatic heterocycles. The maximum absolute atomic E-state index is 14.0. The normalized spacial score (nSPS) is 14.6. The Morgan fingerprint density at radius 2 is 1.79 bits per heavy atom. The third kappa shape index (κ3) is 4.83. The smallest absolute Gasteiger partial charge is 0.345 e. The van der Waals surface area contributed by atoms with Gasteiger partial charge in [-0.2, -0.15) is 0 Å². The topological polar surface area (TPSA) is 72.9 Å². The molecule has 0 radical (unpaired) electrons. The number of carbonyl (C=O) groups excluding carboxylic acids is 3. The van der Waals surface area contributed by atoms with Crippen molar-refractivity contribution >= 4 is 46.6 Å². The third-order valence-electron chi connectivity index (χ3n) is 4.96. The van der Waals surface area contributed by atoms with Crippen LogP contribution < -0.4 is 9.47 Å². The Morgan fingerprint density at radius 3 is 2.53 bits per heavy atom. The van der Waals surface area contributed by atoms with Gasteiger partial charge >= 0.3 is 5.97 Å². The van der Waals surface area contributed by atoms with Crippen molar-refractivity contribution in [2.24, 2.45) is 0 Å². The molecule has 1 fully saturated rings.